The van der Waals surface area contributed by atoms with Gasteiger partial charge in [0, 0.05) is 39.3 Å². The first kappa shape index (κ1) is 22.2. The number of guanidine groups is 1. The maximum Gasteiger partial charge on any atom is 0.188 e. The summed E-state index contributed by atoms with van der Waals surface area (Å²) < 4.78 is 0. The molecule has 1 aliphatic rings. The molecule has 6 heteroatoms. The second kappa shape index (κ2) is 12.5. The number of nitrogens with two attached hydrogens (primary N) is 1. The lowest BCUT2D eigenvalue weighted by atomic mass is 10.1. The average molecular weight is 459 g/mol. The molecule has 0 atom stereocenters. The molecule has 1 aliphatic heterocycles. The Hall–Kier alpha value is -0.860. The Morgan fingerprint density at radius 2 is 1.72 bits per heavy atom. The number of hydrogen-bond acceptors (Lipinski definition) is 3. The topological polar surface area (TPSA) is 56.9 Å². The fourth-order valence-corrected chi connectivity index (χ4v) is 2.99. The van der Waals surface area contributed by atoms with Gasteiger partial charge in [0.05, 0.1) is 6.54 Å². The molecule has 142 valence electrons. The van der Waals surface area contributed by atoms with Crippen LogP contribution in [0.1, 0.15) is 37.8 Å². The van der Waals surface area contributed by atoms with Crippen molar-refractivity contribution in [1.82, 2.24) is 15.1 Å². The molecule has 5 nitrogen and oxygen atoms in total. The third-order valence-electron chi connectivity index (χ3n) is 4.68. The number of piperazine rings is 1. The summed E-state index contributed by atoms with van der Waals surface area (Å²) in [6, 6.07) is 8.59. The van der Waals surface area contributed by atoms with Gasteiger partial charge in [-0.3, -0.25) is 4.90 Å². The highest BCUT2D eigenvalue weighted by molar-refractivity contribution is 14.0. The van der Waals surface area contributed by atoms with Gasteiger partial charge < -0.3 is 16.0 Å². The van der Waals surface area contributed by atoms with Crippen LogP contribution in [0.4, 0.5) is 0 Å². The van der Waals surface area contributed by atoms with Crippen LogP contribution < -0.4 is 11.1 Å². The smallest absolute Gasteiger partial charge is 0.188 e. The van der Waals surface area contributed by atoms with E-state index in [0.29, 0.717) is 12.5 Å². The Bertz CT molecular complexity index is 512. The molecular weight excluding hydrogens is 425 g/mol. The second-order valence-corrected chi connectivity index (χ2v) is 6.46. The number of unbranched alkanes of at least 4 members (excludes halogenated alkanes) is 1. The molecule has 0 radical (unpaired) electrons. The first-order chi connectivity index (χ1) is 11.7. The molecule has 0 spiro atoms. The molecule has 0 unspecified atom stereocenters. The van der Waals surface area contributed by atoms with Crippen LogP contribution in [0.2, 0.25) is 0 Å². The summed E-state index contributed by atoms with van der Waals surface area (Å²) >= 11 is 0. The van der Waals surface area contributed by atoms with Crippen LogP contribution in [-0.2, 0) is 13.1 Å². The monoisotopic (exact) mass is 459 g/mol. The lowest BCUT2D eigenvalue weighted by Gasteiger charge is -2.34. The van der Waals surface area contributed by atoms with Crippen molar-refractivity contribution in [2.45, 2.75) is 39.8 Å². The van der Waals surface area contributed by atoms with Crippen LogP contribution in [0.3, 0.4) is 0 Å². The van der Waals surface area contributed by atoms with Gasteiger partial charge in [0.15, 0.2) is 5.96 Å². The number of rotatable bonds is 8. The van der Waals surface area contributed by atoms with E-state index in [1.54, 1.807) is 0 Å². The van der Waals surface area contributed by atoms with Crippen LogP contribution in [0.5, 0.6) is 0 Å². The predicted octanol–water partition coefficient (Wildman–Crippen LogP) is 2.65. The van der Waals surface area contributed by atoms with E-state index < -0.39 is 0 Å². The summed E-state index contributed by atoms with van der Waals surface area (Å²) in [6.45, 7) is 12.8. The number of benzene rings is 1. The molecule has 1 saturated heterocycles. The van der Waals surface area contributed by atoms with Crippen LogP contribution in [0.15, 0.2) is 29.3 Å². The van der Waals surface area contributed by atoms with E-state index in [9.17, 15) is 0 Å². The molecule has 1 fully saturated rings. The van der Waals surface area contributed by atoms with Gasteiger partial charge in [0.1, 0.15) is 0 Å². The molecular formula is C19H34IN5. The quantitative estimate of drug-likeness (QED) is 0.272. The molecule has 0 amide bonds. The minimum atomic E-state index is 0. The number of nitrogens with one attached hydrogen (secondary N) is 1. The number of likely N-dealkylation sites (N-methyl/N-ethyl adjacent to an activating group) is 1. The van der Waals surface area contributed by atoms with Crippen molar-refractivity contribution in [2.24, 2.45) is 10.7 Å². The Balaban J connectivity index is 0.00000312. The van der Waals surface area contributed by atoms with Gasteiger partial charge >= 0.3 is 0 Å². The normalized spacial score (nSPS) is 16.5. The summed E-state index contributed by atoms with van der Waals surface area (Å²) in [6.07, 6.45) is 2.28. The van der Waals surface area contributed by atoms with Gasteiger partial charge in [-0.1, -0.05) is 44.5 Å². The lowest BCUT2D eigenvalue weighted by Crippen LogP contribution is -2.45. The Kier molecular flexibility index (Phi) is 11.1. The summed E-state index contributed by atoms with van der Waals surface area (Å²) in [5.41, 5.74) is 8.59. The van der Waals surface area contributed by atoms with Crippen molar-refractivity contribution >= 4 is 29.9 Å². The first-order valence-corrected chi connectivity index (χ1v) is 9.28. The van der Waals surface area contributed by atoms with E-state index in [2.05, 4.69) is 58.2 Å². The summed E-state index contributed by atoms with van der Waals surface area (Å²) in [5, 5.41) is 3.18. The summed E-state index contributed by atoms with van der Waals surface area (Å²) in [7, 11) is 0. The van der Waals surface area contributed by atoms with Gasteiger partial charge in [0.2, 0.25) is 0 Å². The SMILES string of the molecule is CCCCNC(N)=NCc1ccccc1CN1CCN(CC)CC1.I. The predicted molar refractivity (Wildman–Crippen MR) is 117 cm³/mol. The maximum atomic E-state index is 5.95. The third-order valence-corrected chi connectivity index (χ3v) is 4.68. The zero-order valence-corrected chi connectivity index (χ0v) is 18.0. The van der Waals surface area contributed by atoms with E-state index >= 15 is 0 Å². The molecule has 0 saturated carbocycles. The van der Waals surface area contributed by atoms with E-state index in [0.717, 1.165) is 45.6 Å². The van der Waals surface area contributed by atoms with Crippen molar-refractivity contribution < 1.29 is 0 Å². The van der Waals surface area contributed by atoms with Gasteiger partial charge in [-0.15, -0.1) is 24.0 Å². The molecule has 25 heavy (non-hydrogen) atoms. The highest BCUT2D eigenvalue weighted by Gasteiger charge is 2.16. The maximum absolute atomic E-state index is 5.95. The lowest BCUT2D eigenvalue weighted by molar-refractivity contribution is 0.131. The summed E-state index contributed by atoms with van der Waals surface area (Å²) in [5.74, 6) is 0.551. The van der Waals surface area contributed by atoms with Gasteiger partial charge in [-0.05, 0) is 24.1 Å². The van der Waals surface area contributed by atoms with Crippen molar-refractivity contribution in [3.8, 4) is 0 Å². The third kappa shape index (κ3) is 7.92. The average Bonchev–Trinajstić information content (AvgIpc) is 2.62. The van der Waals surface area contributed by atoms with E-state index in [1.807, 2.05) is 0 Å². The molecule has 3 N–H and O–H groups in total. The number of nitrogens with zero attached hydrogens (tertiary/aromatic N) is 3. The van der Waals surface area contributed by atoms with Gasteiger partial charge in [-0.25, -0.2) is 4.99 Å². The van der Waals surface area contributed by atoms with Crippen LogP contribution in [-0.4, -0.2) is 55.0 Å². The minimum absolute atomic E-state index is 0. The van der Waals surface area contributed by atoms with Crippen molar-refractivity contribution in [1.29, 1.82) is 0 Å². The number of aliphatic imine (C=N–C) groups is 1. The largest absolute Gasteiger partial charge is 0.370 e. The second-order valence-electron chi connectivity index (χ2n) is 6.46. The van der Waals surface area contributed by atoms with E-state index in [1.165, 1.54) is 24.2 Å². The molecule has 1 heterocycles. The van der Waals surface area contributed by atoms with Crippen molar-refractivity contribution in [3.05, 3.63) is 35.4 Å². The number of halogens is 1. The molecule has 0 aliphatic carbocycles. The Morgan fingerprint density at radius 3 is 2.36 bits per heavy atom. The van der Waals surface area contributed by atoms with Crippen LogP contribution >= 0.6 is 24.0 Å². The Labute approximate surface area is 170 Å². The fraction of sp³-hybridized carbons (Fsp3) is 0.632. The van der Waals surface area contributed by atoms with Crippen LogP contribution in [0, 0.1) is 0 Å². The van der Waals surface area contributed by atoms with Crippen LogP contribution in [0.25, 0.3) is 0 Å². The van der Waals surface area contributed by atoms with E-state index in [4.69, 9.17) is 5.73 Å². The standard InChI is InChI=1S/C19H33N5.HI/c1-3-5-10-21-19(20)22-15-17-8-6-7-9-18(17)16-24-13-11-23(4-2)12-14-24;/h6-9H,3-5,10-16H2,1-2H3,(H3,20,21,22);1H. The molecule has 1 aromatic carbocycles. The zero-order valence-electron chi connectivity index (χ0n) is 15.7. The minimum Gasteiger partial charge on any atom is -0.370 e. The van der Waals surface area contributed by atoms with Gasteiger partial charge in [0.25, 0.3) is 0 Å². The van der Waals surface area contributed by atoms with Crippen molar-refractivity contribution in [3.63, 3.8) is 0 Å². The zero-order chi connectivity index (χ0) is 17.2. The molecule has 2 rings (SSSR count). The van der Waals surface area contributed by atoms with E-state index in [-0.39, 0.29) is 24.0 Å². The highest BCUT2D eigenvalue weighted by Crippen LogP contribution is 2.14. The molecule has 0 aromatic heterocycles. The molecule has 1 aromatic rings. The number of hydrogen-bond donors (Lipinski definition) is 2. The van der Waals surface area contributed by atoms with Crippen molar-refractivity contribution in [2.75, 3.05) is 39.3 Å². The molecule has 0 bridgehead atoms. The first-order valence-electron chi connectivity index (χ1n) is 9.28. The van der Waals surface area contributed by atoms with Gasteiger partial charge in [-0.2, -0.15) is 0 Å². The summed E-state index contributed by atoms with van der Waals surface area (Å²) in [4.78, 5) is 9.55. The fourth-order valence-electron chi connectivity index (χ4n) is 2.99. The Morgan fingerprint density at radius 1 is 1.08 bits per heavy atom. The highest BCUT2D eigenvalue weighted by atomic mass is 127.